The van der Waals surface area contributed by atoms with Gasteiger partial charge in [0.15, 0.2) is 0 Å². The molecule has 7 rings (SSSR count). The number of hydrogen-bond acceptors (Lipinski definition) is 8. The normalized spacial score (nSPS) is 18.0. The van der Waals surface area contributed by atoms with Crippen molar-refractivity contribution in [3.8, 4) is 22.3 Å². The Morgan fingerprint density at radius 3 is 1.43 bits per heavy atom. The highest BCUT2D eigenvalue weighted by molar-refractivity contribution is 5.88. The van der Waals surface area contributed by atoms with Crippen molar-refractivity contribution in [3.63, 3.8) is 0 Å². The lowest BCUT2D eigenvalue weighted by Crippen LogP contribution is -2.51. The van der Waals surface area contributed by atoms with Crippen LogP contribution in [-0.2, 0) is 19.1 Å². The molecule has 0 saturated carbocycles. The van der Waals surface area contributed by atoms with E-state index in [0.717, 1.165) is 12.8 Å². The molecule has 0 aliphatic carbocycles. The molecule has 0 bridgehead atoms. The number of alkyl carbamates (subject to hydrolysis) is 2. The van der Waals surface area contributed by atoms with Crippen molar-refractivity contribution in [1.29, 1.82) is 0 Å². The van der Waals surface area contributed by atoms with Crippen LogP contribution in [-0.4, -0.2) is 93.1 Å². The molecule has 306 valence electrons. The maximum atomic E-state index is 15.9. The number of aromatic amines is 2. The van der Waals surface area contributed by atoms with E-state index in [9.17, 15) is 19.2 Å². The Labute approximate surface area is 334 Å². The van der Waals surface area contributed by atoms with Crippen molar-refractivity contribution in [2.24, 2.45) is 11.8 Å². The van der Waals surface area contributed by atoms with Gasteiger partial charge in [0, 0.05) is 24.2 Å². The second-order valence-electron chi connectivity index (χ2n) is 15.6. The molecule has 14 nitrogen and oxygen atoms in total. The topological polar surface area (TPSA) is 175 Å². The average Bonchev–Trinajstić information content (AvgIpc) is 4.03. The van der Waals surface area contributed by atoms with E-state index in [2.05, 4.69) is 20.6 Å². The van der Waals surface area contributed by atoms with E-state index in [1.165, 1.54) is 26.4 Å². The lowest BCUT2D eigenvalue weighted by Gasteiger charge is -2.29. The van der Waals surface area contributed by atoms with Gasteiger partial charge < -0.3 is 39.9 Å². The number of halogens is 2. The van der Waals surface area contributed by atoms with E-state index in [1.54, 1.807) is 46.2 Å². The van der Waals surface area contributed by atoms with Crippen LogP contribution in [0, 0.1) is 23.5 Å². The molecule has 2 aromatic heterocycles. The van der Waals surface area contributed by atoms with E-state index in [0.29, 0.717) is 70.8 Å². The van der Waals surface area contributed by atoms with Crippen molar-refractivity contribution in [2.75, 3.05) is 27.3 Å². The number of ether oxygens (including phenoxy) is 2. The molecule has 2 fully saturated rings. The first-order valence-electron chi connectivity index (χ1n) is 19.6. The van der Waals surface area contributed by atoms with Crippen molar-refractivity contribution >= 4 is 46.1 Å². The number of nitrogens with zero attached hydrogens (tertiary/aromatic N) is 4. The van der Waals surface area contributed by atoms with Crippen molar-refractivity contribution in [1.82, 2.24) is 40.4 Å². The number of likely N-dealkylation sites (tertiary alicyclic amines) is 2. The molecular weight excluding hydrogens is 751 g/mol. The molecule has 16 heteroatoms. The van der Waals surface area contributed by atoms with E-state index in [1.807, 2.05) is 27.7 Å². The van der Waals surface area contributed by atoms with Gasteiger partial charge in [-0.25, -0.2) is 28.3 Å². The summed E-state index contributed by atoms with van der Waals surface area (Å²) < 4.78 is 41.4. The summed E-state index contributed by atoms with van der Waals surface area (Å²) in [5.41, 5.74) is 3.46. The highest BCUT2D eigenvalue weighted by atomic mass is 19.1. The molecule has 3 aromatic carbocycles. The molecule has 4 heterocycles. The summed E-state index contributed by atoms with van der Waals surface area (Å²) in [6.45, 7) is 8.40. The van der Waals surface area contributed by atoms with Gasteiger partial charge >= 0.3 is 12.2 Å². The fourth-order valence-corrected chi connectivity index (χ4v) is 8.08. The Morgan fingerprint density at radius 1 is 0.672 bits per heavy atom. The van der Waals surface area contributed by atoms with Crippen LogP contribution >= 0.6 is 0 Å². The third kappa shape index (κ3) is 7.79. The number of aromatic nitrogens is 4. The molecule has 2 aliphatic rings. The van der Waals surface area contributed by atoms with Gasteiger partial charge in [-0.1, -0.05) is 39.8 Å². The first kappa shape index (κ1) is 40.1. The lowest BCUT2D eigenvalue weighted by atomic mass is 9.98. The van der Waals surface area contributed by atoms with Gasteiger partial charge in [-0.2, -0.15) is 0 Å². The number of carbonyl (C=O) groups excluding carboxylic acids is 4. The van der Waals surface area contributed by atoms with Crippen LogP contribution in [0.15, 0.2) is 48.5 Å². The molecule has 5 aromatic rings. The van der Waals surface area contributed by atoms with E-state index in [-0.39, 0.29) is 46.9 Å². The summed E-state index contributed by atoms with van der Waals surface area (Å²) in [4.78, 5) is 70.7. The van der Waals surface area contributed by atoms with Crippen LogP contribution in [0.2, 0.25) is 0 Å². The molecular formula is C42H48F2N8O6. The highest BCUT2D eigenvalue weighted by Crippen LogP contribution is 2.37. The largest absolute Gasteiger partial charge is 0.453 e. The monoisotopic (exact) mass is 798 g/mol. The third-order valence-corrected chi connectivity index (χ3v) is 11.2. The number of rotatable bonds is 10. The Balaban J connectivity index is 1.11. The first-order valence-corrected chi connectivity index (χ1v) is 19.6. The van der Waals surface area contributed by atoms with Gasteiger partial charge in [-0.05, 0) is 85.0 Å². The van der Waals surface area contributed by atoms with Gasteiger partial charge in [-0.3, -0.25) is 9.59 Å². The van der Waals surface area contributed by atoms with E-state index < -0.39 is 35.9 Å². The van der Waals surface area contributed by atoms with Crippen LogP contribution in [0.4, 0.5) is 18.4 Å². The number of imidazole rings is 2. The van der Waals surface area contributed by atoms with Gasteiger partial charge in [-0.15, -0.1) is 0 Å². The van der Waals surface area contributed by atoms with E-state index in [4.69, 9.17) is 19.4 Å². The maximum Gasteiger partial charge on any atom is 0.407 e. The summed E-state index contributed by atoms with van der Waals surface area (Å²) in [5, 5.41) is 5.30. The third-order valence-electron chi connectivity index (χ3n) is 11.2. The zero-order valence-electron chi connectivity index (χ0n) is 33.3. The molecule has 0 spiro atoms. The predicted octanol–water partition coefficient (Wildman–Crippen LogP) is 7.14. The molecule has 4 atom stereocenters. The Morgan fingerprint density at radius 2 is 1.07 bits per heavy atom. The van der Waals surface area contributed by atoms with E-state index >= 15 is 8.78 Å². The number of H-pyrrole nitrogens is 2. The molecule has 2 saturated heterocycles. The maximum absolute atomic E-state index is 15.9. The van der Waals surface area contributed by atoms with Crippen molar-refractivity contribution in [2.45, 2.75) is 77.5 Å². The number of amides is 4. The molecule has 3 unspecified atom stereocenters. The number of fused-ring (bicyclic) bond motifs is 2. The Hall–Kier alpha value is -6.06. The zero-order chi connectivity index (χ0) is 41.4. The molecule has 4 N–H and O–H groups in total. The average molecular weight is 799 g/mol. The molecule has 2 aliphatic heterocycles. The zero-order valence-corrected chi connectivity index (χ0v) is 33.3. The second-order valence-corrected chi connectivity index (χ2v) is 15.6. The van der Waals surface area contributed by atoms with Gasteiger partial charge in [0.05, 0.1) is 48.4 Å². The number of nitrogens with one attached hydrogen (secondary N) is 4. The Kier molecular flexibility index (Phi) is 11.4. The van der Waals surface area contributed by atoms with Gasteiger partial charge in [0.1, 0.15) is 35.4 Å². The quantitative estimate of drug-likeness (QED) is 0.115. The van der Waals surface area contributed by atoms with Crippen LogP contribution in [0.1, 0.15) is 77.1 Å². The lowest BCUT2D eigenvalue weighted by molar-refractivity contribution is -0.136. The van der Waals surface area contributed by atoms with Gasteiger partial charge in [0.25, 0.3) is 0 Å². The minimum absolute atomic E-state index is 0.0721. The van der Waals surface area contributed by atoms with Crippen molar-refractivity contribution < 1.29 is 37.4 Å². The fraction of sp³-hybridized carbons (Fsp3) is 0.429. The number of hydrogen-bond donors (Lipinski definition) is 4. The number of methoxy groups -OCH3 is 2. The smallest absolute Gasteiger partial charge is 0.407 e. The SMILES string of the molecule is COC(=O)NC(C(=O)N1CCCC1c1nc2ccc(-c3cc(F)c(-c4ccc5nc(C6CCCN6C(=O)[C@@H](NC(=O)OC)C(C)C)[nH]c5c4)cc3F)cc2[nH]1)C(C)C. The summed E-state index contributed by atoms with van der Waals surface area (Å²) >= 11 is 0. The van der Waals surface area contributed by atoms with Crippen LogP contribution in [0.25, 0.3) is 44.3 Å². The number of carbonyl (C=O) groups is 4. The van der Waals surface area contributed by atoms with Gasteiger partial charge in [0.2, 0.25) is 11.8 Å². The molecule has 0 radical (unpaired) electrons. The van der Waals surface area contributed by atoms with Crippen molar-refractivity contribution in [3.05, 3.63) is 71.8 Å². The molecule has 58 heavy (non-hydrogen) atoms. The first-order chi connectivity index (χ1) is 27.8. The predicted molar refractivity (Wildman–Crippen MR) is 212 cm³/mol. The standard InChI is InChI=1S/C42H48F2N8O6/c1-21(2)35(49-41(55)57-5)39(53)51-15-7-9-33(51)37-45-29-13-11-23(17-31(29)47-37)25-19-28(44)26(20-27(25)43)24-12-14-30-32(18-24)48-38(46-30)34-10-8-16-52(34)40(54)36(22(3)4)50-42(56)58-6/h11-14,17-22,33-36H,7-10,15-16H2,1-6H3,(H,45,47)(H,46,48)(H,49,55)(H,50,56)/t33?,34?,35-,36?/m0/s1. The van der Waals surface area contributed by atoms with Crippen LogP contribution < -0.4 is 10.6 Å². The summed E-state index contributed by atoms with van der Waals surface area (Å²) in [6.07, 6.45) is 1.48. The minimum atomic E-state index is -0.772. The van der Waals surface area contributed by atoms with Crippen LogP contribution in [0.3, 0.4) is 0 Å². The van der Waals surface area contributed by atoms with Crippen LogP contribution in [0.5, 0.6) is 0 Å². The Bertz CT molecular complexity index is 2210. The summed E-state index contributed by atoms with van der Waals surface area (Å²) in [5.74, 6) is -0.911. The fourth-order valence-electron chi connectivity index (χ4n) is 8.08. The number of benzene rings is 3. The second kappa shape index (κ2) is 16.4. The highest BCUT2D eigenvalue weighted by Gasteiger charge is 2.39. The summed E-state index contributed by atoms with van der Waals surface area (Å²) in [6, 6.07) is 10.4. The summed E-state index contributed by atoms with van der Waals surface area (Å²) in [7, 11) is 2.50. The minimum Gasteiger partial charge on any atom is -0.453 e. The molecule has 4 amide bonds.